The molecular weight excluding hydrogens is 216 g/mol. The Morgan fingerprint density at radius 1 is 1.33 bits per heavy atom. The molecule has 0 saturated carbocycles. The lowest BCUT2D eigenvalue weighted by Gasteiger charge is -2.22. The first kappa shape index (κ1) is 9.75. The zero-order valence-corrected chi connectivity index (χ0v) is 8.67. The summed E-state index contributed by atoms with van der Waals surface area (Å²) < 4.78 is -0.367. The lowest BCUT2D eigenvalue weighted by atomic mass is 9.97. The first-order valence-corrected chi connectivity index (χ1v) is 4.85. The van der Waals surface area contributed by atoms with E-state index in [2.05, 4.69) is 15.9 Å². The molecule has 0 aliphatic heterocycles. The second-order valence-electron chi connectivity index (χ2n) is 2.83. The highest BCUT2D eigenvalue weighted by molar-refractivity contribution is 9.09. The fraction of sp³-hybridized carbons (Fsp3) is 0.400. The number of hydrogen-bond donors (Lipinski definition) is 0. The molecule has 1 nitrogen and oxygen atoms in total. The first-order chi connectivity index (χ1) is 5.73. The summed E-state index contributed by atoms with van der Waals surface area (Å²) in [5, 5.41) is 10.9. The van der Waals surface area contributed by atoms with E-state index in [1.54, 1.807) is 0 Å². The fourth-order valence-corrected chi connectivity index (χ4v) is 1.39. The number of alkyl halides is 1. The van der Waals surface area contributed by atoms with Crippen LogP contribution in [0, 0.1) is 0 Å². The van der Waals surface area contributed by atoms with Gasteiger partial charge in [-0.2, -0.15) is 0 Å². The third kappa shape index (κ3) is 1.87. The molecular formula is C10H12BrO. The van der Waals surface area contributed by atoms with E-state index in [0.29, 0.717) is 0 Å². The molecule has 1 radical (unpaired) electrons. The van der Waals surface area contributed by atoms with E-state index in [4.69, 9.17) is 0 Å². The Hall–Kier alpha value is -0.340. The van der Waals surface area contributed by atoms with E-state index in [1.165, 1.54) is 0 Å². The minimum atomic E-state index is -0.367. The topological polar surface area (TPSA) is 19.9 Å². The van der Waals surface area contributed by atoms with Crippen LogP contribution in [0.5, 0.6) is 0 Å². The van der Waals surface area contributed by atoms with Crippen molar-refractivity contribution in [1.29, 1.82) is 0 Å². The maximum atomic E-state index is 10.9. The monoisotopic (exact) mass is 227 g/mol. The lowest BCUT2D eigenvalue weighted by Crippen LogP contribution is -2.20. The van der Waals surface area contributed by atoms with Crippen LogP contribution < -0.4 is 0 Å². The Morgan fingerprint density at radius 3 is 2.33 bits per heavy atom. The fourth-order valence-electron chi connectivity index (χ4n) is 1.13. The Morgan fingerprint density at radius 2 is 1.92 bits per heavy atom. The van der Waals surface area contributed by atoms with Gasteiger partial charge in [0, 0.05) is 0 Å². The number of halogens is 1. The van der Waals surface area contributed by atoms with E-state index in [1.807, 2.05) is 37.3 Å². The average molecular weight is 228 g/mol. The quantitative estimate of drug-likeness (QED) is 0.708. The molecule has 1 aromatic carbocycles. The Balaban J connectivity index is 2.95. The summed E-state index contributed by atoms with van der Waals surface area (Å²) in [4.78, 5) is 0. The van der Waals surface area contributed by atoms with Gasteiger partial charge in [0.2, 0.25) is 0 Å². The summed E-state index contributed by atoms with van der Waals surface area (Å²) in [6, 6.07) is 9.83. The molecule has 0 aliphatic rings. The molecule has 0 bridgehead atoms. The van der Waals surface area contributed by atoms with E-state index in [0.717, 1.165) is 12.0 Å². The molecule has 0 heterocycles. The molecule has 0 aromatic heterocycles. The molecule has 1 aromatic rings. The molecule has 0 amide bonds. The molecule has 1 rings (SSSR count). The predicted molar refractivity (Wildman–Crippen MR) is 52.9 cm³/mol. The van der Waals surface area contributed by atoms with Crippen LogP contribution in [0.1, 0.15) is 18.9 Å². The van der Waals surface area contributed by atoms with Crippen LogP contribution in [0.15, 0.2) is 30.3 Å². The molecule has 0 N–H and O–H groups in total. The van der Waals surface area contributed by atoms with Crippen LogP contribution in [-0.2, 0) is 9.43 Å². The summed E-state index contributed by atoms with van der Waals surface area (Å²) in [6.45, 7) is 1.90. The summed E-state index contributed by atoms with van der Waals surface area (Å²) in [5.74, 6) is 0. The normalized spacial score (nSPS) is 15.6. The van der Waals surface area contributed by atoms with Crippen molar-refractivity contribution in [2.24, 2.45) is 0 Å². The maximum absolute atomic E-state index is 10.9. The second-order valence-corrected chi connectivity index (χ2v) is 4.35. The van der Waals surface area contributed by atoms with Gasteiger partial charge in [-0.25, -0.2) is 5.11 Å². The SMILES string of the molecule is CCC(Br)(C[O])c1ccccc1. The van der Waals surface area contributed by atoms with E-state index in [-0.39, 0.29) is 10.9 Å². The van der Waals surface area contributed by atoms with Crippen LogP contribution in [0.4, 0.5) is 0 Å². The molecule has 0 spiro atoms. The van der Waals surface area contributed by atoms with E-state index >= 15 is 0 Å². The zero-order valence-electron chi connectivity index (χ0n) is 7.09. The van der Waals surface area contributed by atoms with Crippen molar-refractivity contribution in [3.05, 3.63) is 35.9 Å². The number of hydrogen-bond acceptors (Lipinski definition) is 0. The average Bonchev–Trinajstić information content (AvgIpc) is 2.18. The van der Waals surface area contributed by atoms with Crippen molar-refractivity contribution >= 4 is 15.9 Å². The molecule has 65 valence electrons. The van der Waals surface area contributed by atoms with Crippen LogP contribution in [0.2, 0.25) is 0 Å². The minimum Gasteiger partial charge on any atom is -0.235 e. The van der Waals surface area contributed by atoms with Gasteiger partial charge in [0.05, 0.1) is 4.32 Å². The summed E-state index contributed by atoms with van der Waals surface area (Å²) in [7, 11) is 0. The first-order valence-electron chi connectivity index (χ1n) is 4.05. The Labute approximate surface area is 81.6 Å². The van der Waals surface area contributed by atoms with Gasteiger partial charge in [0.1, 0.15) is 6.61 Å². The highest BCUT2D eigenvalue weighted by atomic mass is 79.9. The third-order valence-electron chi connectivity index (χ3n) is 2.08. The summed E-state index contributed by atoms with van der Waals surface area (Å²) in [5.41, 5.74) is 1.07. The van der Waals surface area contributed by atoms with Gasteiger partial charge < -0.3 is 0 Å². The Bertz CT molecular complexity index is 229. The lowest BCUT2D eigenvalue weighted by molar-refractivity contribution is 0.160. The molecule has 1 unspecified atom stereocenters. The molecule has 0 saturated heterocycles. The summed E-state index contributed by atoms with van der Waals surface area (Å²) >= 11 is 3.48. The Kier molecular flexibility index (Phi) is 3.29. The minimum absolute atomic E-state index is 0.118. The number of rotatable bonds is 3. The molecule has 2 heteroatoms. The standard InChI is InChI=1S/C10H12BrO/c1-2-10(11,8-12)9-6-4-3-5-7-9/h3-7H,2,8H2,1H3. The van der Waals surface area contributed by atoms with Gasteiger partial charge in [-0.1, -0.05) is 53.2 Å². The number of benzene rings is 1. The van der Waals surface area contributed by atoms with E-state index < -0.39 is 0 Å². The van der Waals surface area contributed by atoms with Crippen LogP contribution in [-0.4, -0.2) is 6.61 Å². The second kappa shape index (κ2) is 4.06. The van der Waals surface area contributed by atoms with Crippen LogP contribution in [0.25, 0.3) is 0 Å². The van der Waals surface area contributed by atoms with Crippen molar-refractivity contribution in [1.82, 2.24) is 0 Å². The van der Waals surface area contributed by atoms with Gasteiger partial charge in [-0.3, -0.25) is 0 Å². The molecule has 0 aliphatic carbocycles. The van der Waals surface area contributed by atoms with Crippen LogP contribution in [0.3, 0.4) is 0 Å². The van der Waals surface area contributed by atoms with Gasteiger partial charge in [-0.05, 0) is 12.0 Å². The molecule has 0 fully saturated rings. The molecule has 12 heavy (non-hydrogen) atoms. The van der Waals surface area contributed by atoms with Crippen molar-refractivity contribution < 1.29 is 5.11 Å². The summed E-state index contributed by atoms with van der Waals surface area (Å²) in [6.07, 6.45) is 0.820. The van der Waals surface area contributed by atoms with Gasteiger partial charge in [0.25, 0.3) is 0 Å². The predicted octanol–water partition coefficient (Wildman–Crippen LogP) is 3.12. The van der Waals surface area contributed by atoms with Gasteiger partial charge in [0.15, 0.2) is 0 Å². The van der Waals surface area contributed by atoms with Crippen molar-refractivity contribution in [2.45, 2.75) is 17.7 Å². The van der Waals surface area contributed by atoms with Crippen molar-refractivity contribution in [2.75, 3.05) is 6.61 Å². The highest BCUT2D eigenvalue weighted by Gasteiger charge is 2.25. The highest BCUT2D eigenvalue weighted by Crippen LogP contribution is 2.33. The zero-order chi connectivity index (χ0) is 9.03. The van der Waals surface area contributed by atoms with Crippen molar-refractivity contribution in [3.8, 4) is 0 Å². The third-order valence-corrected chi connectivity index (χ3v) is 3.33. The maximum Gasteiger partial charge on any atom is 0.102 e. The van der Waals surface area contributed by atoms with Crippen LogP contribution >= 0.6 is 15.9 Å². The van der Waals surface area contributed by atoms with Gasteiger partial charge in [-0.15, -0.1) is 0 Å². The van der Waals surface area contributed by atoms with Crippen molar-refractivity contribution in [3.63, 3.8) is 0 Å². The largest absolute Gasteiger partial charge is 0.235 e. The van der Waals surface area contributed by atoms with Gasteiger partial charge >= 0.3 is 0 Å². The molecule has 1 atom stereocenters. The smallest absolute Gasteiger partial charge is 0.102 e. The van der Waals surface area contributed by atoms with E-state index in [9.17, 15) is 5.11 Å².